The zero-order chi connectivity index (χ0) is 13.2. The fraction of sp³-hybridized carbons (Fsp3) is 0.267. The van der Waals surface area contributed by atoms with Gasteiger partial charge < -0.3 is 9.47 Å². The number of hydrogen-bond acceptors (Lipinski definition) is 3. The van der Waals surface area contributed by atoms with E-state index in [9.17, 15) is 0 Å². The highest BCUT2D eigenvalue weighted by Gasteiger charge is 2.23. The Hall–Kier alpha value is -1.74. The summed E-state index contributed by atoms with van der Waals surface area (Å²) < 4.78 is 11.5. The fourth-order valence-electron chi connectivity index (χ4n) is 2.18. The van der Waals surface area contributed by atoms with Gasteiger partial charge in [0.15, 0.2) is 0 Å². The van der Waals surface area contributed by atoms with Gasteiger partial charge in [0, 0.05) is 6.42 Å². The number of aryl methyl sites for hydroxylation is 1. The predicted octanol–water partition coefficient (Wildman–Crippen LogP) is 3.43. The summed E-state index contributed by atoms with van der Waals surface area (Å²) in [5.74, 6) is 1.67. The molecule has 0 amide bonds. The molecule has 2 heterocycles. The molecule has 1 aliphatic heterocycles. The van der Waals surface area contributed by atoms with E-state index in [1.165, 1.54) is 11.1 Å². The van der Waals surface area contributed by atoms with Crippen molar-refractivity contribution in [3.8, 4) is 11.5 Å². The van der Waals surface area contributed by atoms with Gasteiger partial charge in [0.05, 0.1) is 6.20 Å². The van der Waals surface area contributed by atoms with Crippen molar-refractivity contribution in [3.05, 3.63) is 52.8 Å². The smallest absolute Gasteiger partial charge is 0.137 e. The molecule has 98 valence electrons. The summed E-state index contributed by atoms with van der Waals surface area (Å²) >= 11 is 5.72. The molecule has 19 heavy (non-hydrogen) atoms. The number of benzene rings is 1. The maximum absolute atomic E-state index is 5.84. The lowest BCUT2D eigenvalue weighted by atomic mass is 10.1. The van der Waals surface area contributed by atoms with Crippen LogP contribution >= 0.6 is 11.6 Å². The molecule has 2 aromatic rings. The van der Waals surface area contributed by atoms with Crippen LogP contribution in [0.25, 0.3) is 0 Å². The number of hydrogen-bond donors (Lipinski definition) is 0. The van der Waals surface area contributed by atoms with Crippen molar-refractivity contribution in [1.82, 2.24) is 4.98 Å². The Labute approximate surface area is 117 Å². The molecule has 0 N–H and O–H groups in total. The quantitative estimate of drug-likeness (QED) is 0.804. The Morgan fingerprint density at radius 3 is 3.05 bits per heavy atom. The molecule has 4 heteroatoms. The molecular weight excluding hydrogens is 262 g/mol. The van der Waals surface area contributed by atoms with Crippen LogP contribution in [0, 0.1) is 6.92 Å². The van der Waals surface area contributed by atoms with Gasteiger partial charge in [-0.3, -0.25) is 0 Å². The number of fused-ring (bicyclic) bond motifs is 1. The van der Waals surface area contributed by atoms with Gasteiger partial charge in [0.1, 0.15) is 29.4 Å². The first-order valence-corrected chi connectivity index (χ1v) is 6.59. The van der Waals surface area contributed by atoms with Crippen molar-refractivity contribution in [2.45, 2.75) is 19.4 Å². The standard InChI is InChI=1S/C15H14ClNO2/c1-10-2-4-14-11(6-10)7-13(19-14)9-18-12-3-5-15(16)17-8-12/h2-6,8,13H,7,9H2,1H3. The summed E-state index contributed by atoms with van der Waals surface area (Å²) in [6, 6.07) is 9.77. The summed E-state index contributed by atoms with van der Waals surface area (Å²) in [5, 5.41) is 0.465. The van der Waals surface area contributed by atoms with Crippen LogP contribution < -0.4 is 9.47 Å². The third-order valence-corrected chi connectivity index (χ3v) is 3.32. The van der Waals surface area contributed by atoms with E-state index in [2.05, 4.69) is 24.0 Å². The lowest BCUT2D eigenvalue weighted by molar-refractivity contribution is 0.148. The van der Waals surface area contributed by atoms with Crippen LogP contribution in [0.4, 0.5) is 0 Å². The lowest BCUT2D eigenvalue weighted by Crippen LogP contribution is -2.22. The predicted molar refractivity (Wildman–Crippen MR) is 74.0 cm³/mol. The van der Waals surface area contributed by atoms with Crippen LogP contribution in [-0.4, -0.2) is 17.7 Å². The first-order chi connectivity index (χ1) is 9.20. The average molecular weight is 276 g/mol. The van der Waals surface area contributed by atoms with Crippen LogP contribution in [0.5, 0.6) is 11.5 Å². The van der Waals surface area contributed by atoms with Crippen LogP contribution in [0.1, 0.15) is 11.1 Å². The molecule has 1 aromatic carbocycles. The summed E-state index contributed by atoms with van der Waals surface area (Å²) in [4.78, 5) is 3.98. The maximum atomic E-state index is 5.84. The molecule has 0 saturated heterocycles. The van der Waals surface area contributed by atoms with Crippen LogP contribution in [0.2, 0.25) is 5.15 Å². The van der Waals surface area contributed by atoms with E-state index in [1.807, 2.05) is 12.1 Å². The van der Waals surface area contributed by atoms with Gasteiger partial charge in [0.25, 0.3) is 0 Å². The Morgan fingerprint density at radius 2 is 2.26 bits per heavy atom. The van der Waals surface area contributed by atoms with Gasteiger partial charge in [-0.15, -0.1) is 0 Å². The second-order valence-electron chi connectivity index (χ2n) is 4.68. The van der Waals surface area contributed by atoms with Crippen molar-refractivity contribution in [1.29, 1.82) is 0 Å². The SMILES string of the molecule is Cc1ccc2c(c1)CC(COc1ccc(Cl)nc1)O2. The van der Waals surface area contributed by atoms with E-state index in [0.29, 0.717) is 17.5 Å². The summed E-state index contributed by atoms with van der Waals surface area (Å²) in [7, 11) is 0. The van der Waals surface area contributed by atoms with Crippen LogP contribution in [-0.2, 0) is 6.42 Å². The number of aromatic nitrogens is 1. The van der Waals surface area contributed by atoms with Crippen molar-refractivity contribution in [3.63, 3.8) is 0 Å². The highest BCUT2D eigenvalue weighted by molar-refractivity contribution is 6.29. The Kier molecular flexibility index (Phi) is 3.30. The molecular formula is C15H14ClNO2. The number of halogens is 1. The van der Waals surface area contributed by atoms with Gasteiger partial charge in [-0.25, -0.2) is 4.98 Å². The zero-order valence-electron chi connectivity index (χ0n) is 10.6. The average Bonchev–Trinajstić information content (AvgIpc) is 2.80. The highest BCUT2D eigenvalue weighted by Crippen LogP contribution is 2.29. The molecule has 1 atom stereocenters. The second kappa shape index (κ2) is 5.10. The van der Waals surface area contributed by atoms with E-state index in [4.69, 9.17) is 21.1 Å². The molecule has 0 bridgehead atoms. The maximum Gasteiger partial charge on any atom is 0.137 e. The number of pyridine rings is 1. The minimum Gasteiger partial charge on any atom is -0.488 e. The topological polar surface area (TPSA) is 31.4 Å². The molecule has 0 saturated carbocycles. The first-order valence-electron chi connectivity index (χ1n) is 6.21. The third kappa shape index (κ3) is 2.82. The van der Waals surface area contributed by atoms with Crippen LogP contribution in [0.15, 0.2) is 36.5 Å². The molecule has 3 nitrogen and oxygen atoms in total. The zero-order valence-corrected chi connectivity index (χ0v) is 11.4. The summed E-state index contributed by atoms with van der Waals surface area (Å²) in [6.45, 7) is 2.60. The van der Waals surface area contributed by atoms with E-state index in [1.54, 1.807) is 12.3 Å². The minimum absolute atomic E-state index is 0.0625. The fourth-order valence-corrected chi connectivity index (χ4v) is 2.29. The van der Waals surface area contributed by atoms with Gasteiger partial charge >= 0.3 is 0 Å². The molecule has 0 radical (unpaired) electrons. The second-order valence-corrected chi connectivity index (χ2v) is 5.07. The molecule has 0 spiro atoms. The van der Waals surface area contributed by atoms with Crippen LogP contribution in [0.3, 0.4) is 0 Å². The Morgan fingerprint density at radius 1 is 1.37 bits per heavy atom. The number of ether oxygens (including phenoxy) is 2. The molecule has 1 aliphatic rings. The Bertz CT molecular complexity index is 583. The van der Waals surface area contributed by atoms with Crippen molar-refractivity contribution >= 4 is 11.6 Å². The van der Waals surface area contributed by atoms with E-state index < -0.39 is 0 Å². The van der Waals surface area contributed by atoms with Crippen molar-refractivity contribution in [2.75, 3.05) is 6.61 Å². The third-order valence-electron chi connectivity index (χ3n) is 3.09. The number of rotatable bonds is 3. The molecule has 3 rings (SSSR count). The summed E-state index contributed by atoms with van der Waals surface area (Å²) in [6.07, 6.45) is 2.57. The molecule has 1 aromatic heterocycles. The largest absolute Gasteiger partial charge is 0.488 e. The van der Waals surface area contributed by atoms with E-state index in [0.717, 1.165) is 12.2 Å². The monoisotopic (exact) mass is 275 g/mol. The minimum atomic E-state index is 0.0625. The number of nitrogens with zero attached hydrogens (tertiary/aromatic N) is 1. The molecule has 0 aliphatic carbocycles. The van der Waals surface area contributed by atoms with E-state index in [-0.39, 0.29) is 6.10 Å². The molecule has 0 fully saturated rings. The highest BCUT2D eigenvalue weighted by atomic mass is 35.5. The summed E-state index contributed by atoms with van der Waals surface area (Å²) in [5.41, 5.74) is 2.51. The first kappa shape index (κ1) is 12.3. The van der Waals surface area contributed by atoms with E-state index >= 15 is 0 Å². The Balaban J connectivity index is 1.60. The van der Waals surface area contributed by atoms with Gasteiger partial charge in [0.2, 0.25) is 0 Å². The molecule has 1 unspecified atom stereocenters. The van der Waals surface area contributed by atoms with Gasteiger partial charge in [-0.1, -0.05) is 29.3 Å². The van der Waals surface area contributed by atoms with Crippen molar-refractivity contribution < 1.29 is 9.47 Å². The lowest BCUT2D eigenvalue weighted by Gasteiger charge is -2.12. The van der Waals surface area contributed by atoms with Gasteiger partial charge in [-0.05, 0) is 30.7 Å². The van der Waals surface area contributed by atoms with Gasteiger partial charge in [-0.2, -0.15) is 0 Å². The van der Waals surface area contributed by atoms with Crippen molar-refractivity contribution in [2.24, 2.45) is 0 Å². The normalized spacial score (nSPS) is 16.8.